The summed E-state index contributed by atoms with van der Waals surface area (Å²) in [6, 6.07) is 8.54. The molecular weight excluding hydrogens is 220 g/mol. The number of hydrazine groups is 1. The lowest BCUT2D eigenvalue weighted by molar-refractivity contribution is 0.102. The molecule has 6 heteroatoms. The van der Waals surface area contributed by atoms with Crippen LogP contribution in [0.4, 0.5) is 11.6 Å². The fourth-order valence-corrected chi connectivity index (χ4v) is 1.41. The van der Waals surface area contributed by atoms with Gasteiger partial charge in [-0.1, -0.05) is 17.3 Å². The Kier molecular flexibility index (Phi) is 3.06. The third-order valence-electron chi connectivity index (χ3n) is 2.19. The Morgan fingerprint density at radius 2 is 2.18 bits per heavy atom. The largest absolute Gasteiger partial charge is 0.338 e. The van der Waals surface area contributed by atoms with Crippen LogP contribution in [-0.4, -0.2) is 11.1 Å². The number of aryl methyl sites for hydroxylation is 1. The number of anilines is 2. The third-order valence-corrected chi connectivity index (χ3v) is 2.19. The molecule has 0 spiro atoms. The highest BCUT2D eigenvalue weighted by Crippen LogP contribution is 2.16. The zero-order valence-electron chi connectivity index (χ0n) is 9.23. The first-order valence-corrected chi connectivity index (χ1v) is 5.01. The van der Waals surface area contributed by atoms with E-state index in [9.17, 15) is 4.79 Å². The SMILES string of the molecule is Cc1cc(NC(=O)c2ccccc2NN)on1. The van der Waals surface area contributed by atoms with Gasteiger partial charge in [-0.3, -0.25) is 16.0 Å². The first kappa shape index (κ1) is 11.2. The van der Waals surface area contributed by atoms with Crippen LogP contribution in [0.3, 0.4) is 0 Å². The van der Waals surface area contributed by atoms with Crippen molar-refractivity contribution in [3.8, 4) is 0 Å². The lowest BCUT2D eigenvalue weighted by atomic mass is 10.1. The van der Waals surface area contributed by atoms with Crippen molar-refractivity contribution < 1.29 is 9.32 Å². The van der Waals surface area contributed by atoms with Gasteiger partial charge >= 0.3 is 0 Å². The molecule has 2 aromatic rings. The number of rotatable bonds is 3. The summed E-state index contributed by atoms with van der Waals surface area (Å²) >= 11 is 0. The molecule has 0 bridgehead atoms. The van der Waals surface area contributed by atoms with Crippen LogP contribution in [0.5, 0.6) is 0 Å². The third kappa shape index (κ3) is 2.43. The van der Waals surface area contributed by atoms with Crippen LogP contribution >= 0.6 is 0 Å². The van der Waals surface area contributed by atoms with Crippen molar-refractivity contribution in [2.24, 2.45) is 5.84 Å². The minimum Gasteiger partial charge on any atom is -0.338 e. The summed E-state index contributed by atoms with van der Waals surface area (Å²) in [7, 11) is 0. The van der Waals surface area contributed by atoms with Gasteiger partial charge in [0.1, 0.15) is 0 Å². The van der Waals surface area contributed by atoms with Crippen molar-refractivity contribution in [2.75, 3.05) is 10.7 Å². The predicted molar refractivity (Wildman–Crippen MR) is 63.4 cm³/mol. The Morgan fingerprint density at radius 1 is 1.41 bits per heavy atom. The summed E-state index contributed by atoms with van der Waals surface area (Å²) < 4.78 is 4.90. The number of aromatic nitrogens is 1. The van der Waals surface area contributed by atoms with Crippen molar-refractivity contribution in [3.05, 3.63) is 41.6 Å². The van der Waals surface area contributed by atoms with Gasteiger partial charge in [0.25, 0.3) is 5.91 Å². The monoisotopic (exact) mass is 232 g/mol. The van der Waals surface area contributed by atoms with Crippen LogP contribution < -0.4 is 16.6 Å². The van der Waals surface area contributed by atoms with Crippen LogP contribution in [0.15, 0.2) is 34.9 Å². The molecule has 6 nitrogen and oxygen atoms in total. The molecule has 88 valence electrons. The summed E-state index contributed by atoms with van der Waals surface area (Å²) in [6.45, 7) is 1.77. The van der Waals surface area contributed by atoms with E-state index in [0.29, 0.717) is 22.8 Å². The summed E-state index contributed by atoms with van der Waals surface area (Å²) in [6.07, 6.45) is 0. The Balaban J connectivity index is 2.20. The summed E-state index contributed by atoms with van der Waals surface area (Å²) in [5.74, 6) is 5.31. The quantitative estimate of drug-likeness (QED) is 0.551. The molecule has 0 aliphatic carbocycles. The second kappa shape index (κ2) is 4.67. The number of nitrogens with two attached hydrogens (primary N) is 1. The van der Waals surface area contributed by atoms with Gasteiger partial charge in [-0.15, -0.1) is 0 Å². The Bertz CT molecular complexity index is 536. The Hall–Kier alpha value is -2.34. The maximum absolute atomic E-state index is 11.9. The van der Waals surface area contributed by atoms with E-state index < -0.39 is 0 Å². The number of benzene rings is 1. The van der Waals surface area contributed by atoms with Crippen LogP contribution in [-0.2, 0) is 0 Å². The molecule has 4 N–H and O–H groups in total. The van der Waals surface area contributed by atoms with Gasteiger partial charge in [0, 0.05) is 6.07 Å². The molecule has 0 radical (unpaired) electrons. The number of nitrogen functional groups attached to an aromatic ring is 1. The highest BCUT2D eigenvalue weighted by molar-refractivity contribution is 6.07. The topological polar surface area (TPSA) is 93.2 Å². The molecule has 0 aliphatic heterocycles. The number of nitrogens with zero attached hydrogens (tertiary/aromatic N) is 1. The van der Waals surface area contributed by atoms with Gasteiger partial charge in [-0.25, -0.2) is 0 Å². The minimum absolute atomic E-state index is 0.305. The number of carbonyl (C=O) groups is 1. The van der Waals surface area contributed by atoms with E-state index >= 15 is 0 Å². The van der Waals surface area contributed by atoms with Crippen LogP contribution in [0, 0.1) is 6.92 Å². The first-order chi connectivity index (χ1) is 8.20. The predicted octanol–water partition coefficient (Wildman–Crippen LogP) is 1.52. The van der Waals surface area contributed by atoms with E-state index in [1.807, 2.05) is 0 Å². The van der Waals surface area contributed by atoms with Gasteiger partial charge in [0.05, 0.1) is 16.9 Å². The van der Waals surface area contributed by atoms with Crippen molar-refractivity contribution >= 4 is 17.5 Å². The van der Waals surface area contributed by atoms with Crippen molar-refractivity contribution in [3.63, 3.8) is 0 Å². The second-order valence-corrected chi connectivity index (χ2v) is 3.48. The van der Waals surface area contributed by atoms with E-state index in [4.69, 9.17) is 10.4 Å². The number of nitrogens with one attached hydrogen (secondary N) is 2. The maximum Gasteiger partial charge on any atom is 0.260 e. The van der Waals surface area contributed by atoms with Crippen molar-refractivity contribution in [2.45, 2.75) is 6.92 Å². The number of amides is 1. The smallest absolute Gasteiger partial charge is 0.260 e. The second-order valence-electron chi connectivity index (χ2n) is 3.48. The first-order valence-electron chi connectivity index (χ1n) is 5.01. The molecule has 2 rings (SSSR count). The number of para-hydroxylation sites is 1. The summed E-state index contributed by atoms with van der Waals surface area (Å²) in [5.41, 5.74) is 4.14. The van der Waals surface area contributed by atoms with Gasteiger partial charge in [-0.05, 0) is 19.1 Å². The zero-order chi connectivity index (χ0) is 12.3. The molecule has 0 atom stereocenters. The van der Waals surface area contributed by atoms with Crippen molar-refractivity contribution in [1.82, 2.24) is 5.16 Å². The number of hydrogen-bond donors (Lipinski definition) is 3. The van der Waals surface area contributed by atoms with E-state index in [1.165, 1.54) is 0 Å². The number of carbonyl (C=O) groups excluding carboxylic acids is 1. The van der Waals surface area contributed by atoms with Crippen LogP contribution in [0.1, 0.15) is 16.1 Å². The summed E-state index contributed by atoms with van der Waals surface area (Å²) in [5, 5.41) is 6.27. The fraction of sp³-hybridized carbons (Fsp3) is 0.0909. The van der Waals surface area contributed by atoms with E-state index in [0.717, 1.165) is 0 Å². The average Bonchev–Trinajstić information content (AvgIpc) is 2.74. The highest BCUT2D eigenvalue weighted by Gasteiger charge is 2.12. The lowest BCUT2D eigenvalue weighted by Crippen LogP contribution is -2.16. The lowest BCUT2D eigenvalue weighted by Gasteiger charge is -2.07. The molecule has 0 saturated carbocycles. The molecule has 1 aromatic heterocycles. The van der Waals surface area contributed by atoms with E-state index in [1.54, 1.807) is 37.3 Å². The van der Waals surface area contributed by atoms with E-state index in [2.05, 4.69) is 15.9 Å². The standard InChI is InChI=1S/C11H12N4O2/c1-7-6-10(17-15-7)13-11(16)8-4-2-3-5-9(8)14-12/h2-6,14H,12H2,1H3,(H,13,16). The van der Waals surface area contributed by atoms with Crippen LogP contribution in [0.25, 0.3) is 0 Å². The maximum atomic E-state index is 11.9. The van der Waals surface area contributed by atoms with E-state index in [-0.39, 0.29) is 5.91 Å². The normalized spacial score (nSPS) is 10.0. The summed E-state index contributed by atoms with van der Waals surface area (Å²) in [4.78, 5) is 11.9. The van der Waals surface area contributed by atoms with Crippen LogP contribution in [0.2, 0.25) is 0 Å². The molecule has 1 heterocycles. The zero-order valence-corrected chi connectivity index (χ0v) is 9.23. The van der Waals surface area contributed by atoms with Gasteiger partial charge in [0.15, 0.2) is 0 Å². The van der Waals surface area contributed by atoms with Gasteiger partial charge < -0.3 is 9.95 Å². The van der Waals surface area contributed by atoms with Gasteiger partial charge in [0.2, 0.25) is 5.88 Å². The minimum atomic E-state index is -0.310. The van der Waals surface area contributed by atoms with Crippen molar-refractivity contribution in [1.29, 1.82) is 0 Å². The molecule has 1 aromatic carbocycles. The molecule has 0 saturated heterocycles. The molecule has 0 aliphatic rings. The van der Waals surface area contributed by atoms with Gasteiger partial charge in [-0.2, -0.15) is 0 Å². The highest BCUT2D eigenvalue weighted by atomic mass is 16.5. The Labute approximate surface area is 97.8 Å². The molecular formula is C11H12N4O2. The molecule has 0 fully saturated rings. The fourth-order valence-electron chi connectivity index (χ4n) is 1.41. The molecule has 17 heavy (non-hydrogen) atoms. The molecule has 0 unspecified atom stereocenters. The Morgan fingerprint density at radius 3 is 2.82 bits per heavy atom. The molecule has 1 amide bonds. The average molecular weight is 232 g/mol. The number of hydrogen-bond acceptors (Lipinski definition) is 5.